The number of anilines is 1. The molecular formula is C17H22BrN5. The third kappa shape index (κ3) is 3.42. The number of hydrogen-bond donors (Lipinski definition) is 1. The first kappa shape index (κ1) is 16.1. The number of allylic oxidation sites excluding steroid dienone is 2. The van der Waals surface area contributed by atoms with Gasteiger partial charge in [0.05, 0.1) is 10.7 Å². The van der Waals surface area contributed by atoms with Crippen LogP contribution in [-0.4, -0.2) is 39.6 Å². The van der Waals surface area contributed by atoms with Gasteiger partial charge in [0, 0.05) is 31.9 Å². The molecule has 1 N–H and O–H groups in total. The molecule has 122 valence electrons. The summed E-state index contributed by atoms with van der Waals surface area (Å²) in [6, 6.07) is 2.11. The largest absolute Gasteiger partial charge is 0.376 e. The van der Waals surface area contributed by atoms with Crippen molar-refractivity contribution in [3.63, 3.8) is 0 Å². The SMILES string of the molecule is CCC(C)c1cc(NCC2=CC=CN(C)C2)n2ncc(Br)c2n1. The fourth-order valence-electron chi connectivity index (χ4n) is 2.61. The molecule has 0 aromatic carbocycles. The molecular weight excluding hydrogens is 354 g/mol. The Hall–Kier alpha value is -1.82. The van der Waals surface area contributed by atoms with Crippen LogP contribution in [0, 0.1) is 0 Å². The van der Waals surface area contributed by atoms with Crippen LogP contribution in [0.3, 0.4) is 0 Å². The zero-order chi connectivity index (χ0) is 16.4. The summed E-state index contributed by atoms with van der Waals surface area (Å²) in [5.41, 5.74) is 3.30. The van der Waals surface area contributed by atoms with E-state index in [1.165, 1.54) is 5.57 Å². The molecule has 0 radical (unpaired) electrons. The van der Waals surface area contributed by atoms with Gasteiger partial charge in [-0.25, -0.2) is 4.98 Å². The van der Waals surface area contributed by atoms with Gasteiger partial charge < -0.3 is 10.2 Å². The van der Waals surface area contributed by atoms with E-state index >= 15 is 0 Å². The van der Waals surface area contributed by atoms with Crippen LogP contribution in [0.25, 0.3) is 5.65 Å². The topological polar surface area (TPSA) is 45.5 Å². The minimum Gasteiger partial charge on any atom is -0.376 e. The van der Waals surface area contributed by atoms with Gasteiger partial charge >= 0.3 is 0 Å². The van der Waals surface area contributed by atoms with Crippen LogP contribution in [0.5, 0.6) is 0 Å². The second-order valence-electron chi connectivity index (χ2n) is 6.04. The highest BCUT2D eigenvalue weighted by Crippen LogP contribution is 2.25. The molecule has 3 heterocycles. The predicted molar refractivity (Wildman–Crippen MR) is 97.7 cm³/mol. The fraction of sp³-hybridized carbons (Fsp3) is 0.412. The number of hydrogen-bond acceptors (Lipinski definition) is 4. The Kier molecular flexibility index (Phi) is 4.71. The summed E-state index contributed by atoms with van der Waals surface area (Å²) < 4.78 is 2.78. The Bertz CT molecular complexity index is 762. The van der Waals surface area contributed by atoms with E-state index in [2.05, 4.69) is 76.6 Å². The van der Waals surface area contributed by atoms with Crippen LogP contribution in [0.1, 0.15) is 31.9 Å². The maximum atomic E-state index is 4.75. The average molecular weight is 376 g/mol. The highest BCUT2D eigenvalue weighted by molar-refractivity contribution is 9.10. The van der Waals surface area contributed by atoms with Crippen LogP contribution in [0.2, 0.25) is 0 Å². The molecule has 5 nitrogen and oxygen atoms in total. The average Bonchev–Trinajstić information content (AvgIpc) is 2.93. The molecule has 2 aromatic rings. The van der Waals surface area contributed by atoms with Crippen molar-refractivity contribution < 1.29 is 0 Å². The Morgan fingerprint density at radius 1 is 1.43 bits per heavy atom. The van der Waals surface area contributed by atoms with E-state index in [1.54, 1.807) is 6.20 Å². The van der Waals surface area contributed by atoms with Gasteiger partial charge in [-0.1, -0.05) is 19.9 Å². The number of aromatic nitrogens is 3. The van der Waals surface area contributed by atoms with Gasteiger partial charge in [-0.3, -0.25) is 0 Å². The third-order valence-electron chi connectivity index (χ3n) is 4.19. The van der Waals surface area contributed by atoms with E-state index in [9.17, 15) is 0 Å². The van der Waals surface area contributed by atoms with E-state index in [0.717, 1.165) is 41.1 Å². The summed E-state index contributed by atoms with van der Waals surface area (Å²) in [6.07, 6.45) is 9.19. The lowest BCUT2D eigenvalue weighted by molar-refractivity contribution is 0.488. The van der Waals surface area contributed by atoms with Crippen LogP contribution in [-0.2, 0) is 0 Å². The molecule has 0 bridgehead atoms. The van der Waals surface area contributed by atoms with Crippen molar-refractivity contribution in [1.82, 2.24) is 19.5 Å². The normalized spacial score (nSPS) is 15.8. The summed E-state index contributed by atoms with van der Waals surface area (Å²) >= 11 is 3.54. The first-order valence-electron chi connectivity index (χ1n) is 7.93. The van der Waals surface area contributed by atoms with Gasteiger partial charge in [-0.05, 0) is 46.1 Å². The molecule has 0 aliphatic carbocycles. The van der Waals surface area contributed by atoms with E-state index < -0.39 is 0 Å². The lowest BCUT2D eigenvalue weighted by Gasteiger charge is -2.21. The third-order valence-corrected chi connectivity index (χ3v) is 4.75. The highest BCUT2D eigenvalue weighted by Gasteiger charge is 2.14. The molecule has 1 unspecified atom stereocenters. The van der Waals surface area contributed by atoms with Crippen molar-refractivity contribution >= 4 is 27.4 Å². The maximum Gasteiger partial charge on any atom is 0.171 e. The van der Waals surface area contributed by atoms with Crippen LogP contribution >= 0.6 is 15.9 Å². The predicted octanol–water partition coefficient (Wildman–Crippen LogP) is 3.80. The smallest absolute Gasteiger partial charge is 0.171 e. The molecule has 1 aliphatic rings. The van der Waals surface area contributed by atoms with Gasteiger partial charge in [0.25, 0.3) is 0 Å². The maximum absolute atomic E-state index is 4.75. The minimum absolute atomic E-state index is 0.422. The fourth-order valence-corrected chi connectivity index (χ4v) is 2.96. The molecule has 0 saturated heterocycles. The summed E-state index contributed by atoms with van der Waals surface area (Å²) in [6.45, 7) is 6.13. The van der Waals surface area contributed by atoms with Crippen LogP contribution < -0.4 is 5.32 Å². The van der Waals surface area contributed by atoms with E-state index in [4.69, 9.17) is 4.98 Å². The molecule has 6 heteroatoms. The standard InChI is InChI=1S/C17H22BrN5/c1-4-12(2)15-8-16(23-17(21-15)14(18)10-20-23)19-9-13-6-5-7-22(3)11-13/h5-8,10,12,19H,4,9,11H2,1-3H3. The number of likely N-dealkylation sites (N-methyl/N-ethyl adjacent to an activating group) is 1. The molecule has 0 spiro atoms. The quantitative estimate of drug-likeness (QED) is 0.862. The molecule has 23 heavy (non-hydrogen) atoms. The number of nitrogens with zero attached hydrogens (tertiary/aromatic N) is 4. The lowest BCUT2D eigenvalue weighted by Crippen LogP contribution is -2.21. The molecule has 0 fully saturated rings. The van der Waals surface area contributed by atoms with Crippen molar-refractivity contribution in [3.8, 4) is 0 Å². The van der Waals surface area contributed by atoms with Gasteiger partial charge in [-0.15, -0.1) is 0 Å². The Morgan fingerprint density at radius 3 is 3.00 bits per heavy atom. The first-order valence-corrected chi connectivity index (χ1v) is 8.72. The van der Waals surface area contributed by atoms with Gasteiger partial charge in [0.2, 0.25) is 0 Å². The Labute approximate surface area is 145 Å². The zero-order valence-corrected chi connectivity index (χ0v) is 15.3. The second kappa shape index (κ2) is 6.74. The van der Waals surface area contributed by atoms with Crippen LogP contribution in [0.4, 0.5) is 5.82 Å². The Morgan fingerprint density at radius 2 is 2.26 bits per heavy atom. The molecule has 0 amide bonds. The number of halogens is 1. The summed E-state index contributed by atoms with van der Waals surface area (Å²) in [7, 11) is 2.08. The molecule has 1 aliphatic heterocycles. The summed E-state index contributed by atoms with van der Waals surface area (Å²) in [4.78, 5) is 6.93. The Balaban J connectivity index is 1.89. The molecule has 2 aromatic heterocycles. The van der Waals surface area contributed by atoms with Crippen molar-refractivity contribution in [1.29, 1.82) is 0 Å². The van der Waals surface area contributed by atoms with Gasteiger partial charge in [0.1, 0.15) is 5.82 Å². The van der Waals surface area contributed by atoms with E-state index in [0.29, 0.717) is 5.92 Å². The molecule has 1 atom stereocenters. The summed E-state index contributed by atoms with van der Waals surface area (Å²) in [5.74, 6) is 1.40. The number of fused-ring (bicyclic) bond motifs is 1. The minimum atomic E-state index is 0.422. The van der Waals surface area contributed by atoms with Crippen molar-refractivity contribution in [2.45, 2.75) is 26.2 Å². The van der Waals surface area contributed by atoms with Crippen molar-refractivity contribution in [2.75, 3.05) is 25.5 Å². The summed E-state index contributed by atoms with van der Waals surface area (Å²) in [5, 5.41) is 7.95. The van der Waals surface area contributed by atoms with Crippen molar-refractivity contribution in [2.24, 2.45) is 0 Å². The van der Waals surface area contributed by atoms with Gasteiger partial charge in [0.15, 0.2) is 5.65 Å². The van der Waals surface area contributed by atoms with E-state index in [-0.39, 0.29) is 0 Å². The highest BCUT2D eigenvalue weighted by atomic mass is 79.9. The number of nitrogens with one attached hydrogen (secondary N) is 1. The first-order chi connectivity index (χ1) is 11.1. The van der Waals surface area contributed by atoms with Gasteiger partial charge in [-0.2, -0.15) is 9.61 Å². The molecule has 3 rings (SSSR count). The second-order valence-corrected chi connectivity index (χ2v) is 6.89. The number of rotatable bonds is 5. The van der Waals surface area contributed by atoms with Crippen molar-refractivity contribution in [3.05, 3.63) is 46.4 Å². The lowest BCUT2D eigenvalue weighted by atomic mass is 10.0. The van der Waals surface area contributed by atoms with Crippen LogP contribution in [0.15, 0.2) is 40.7 Å². The van der Waals surface area contributed by atoms with E-state index in [1.807, 2.05) is 4.52 Å². The molecule has 0 saturated carbocycles. The monoisotopic (exact) mass is 375 g/mol. The zero-order valence-electron chi connectivity index (χ0n) is 13.8.